The van der Waals surface area contributed by atoms with Crippen LogP contribution in [0.2, 0.25) is 0 Å². The van der Waals surface area contributed by atoms with Crippen LogP contribution >= 0.6 is 12.4 Å². The number of furan rings is 1. The molecule has 0 bridgehead atoms. The number of carbonyl (C=O) groups excluding carboxylic acids is 1. The molecule has 1 aliphatic heterocycles. The Bertz CT molecular complexity index is 416. The fraction of sp³-hybridized carbons (Fsp3) is 0.643. The van der Waals surface area contributed by atoms with Gasteiger partial charge in [-0.3, -0.25) is 9.69 Å². The van der Waals surface area contributed by atoms with Gasteiger partial charge in [-0.1, -0.05) is 0 Å². The van der Waals surface area contributed by atoms with Crippen molar-refractivity contribution in [3.8, 4) is 0 Å². The van der Waals surface area contributed by atoms with Crippen LogP contribution in [0.1, 0.15) is 36.8 Å². The third kappa shape index (κ3) is 4.51. The summed E-state index contributed by atoms with van der Waals surface area (Å²) in [6.45, 7) is 5.05. The zero-order chi connectivity index (χ0) is 13.7. The minimum atomic E-state index is 0. The summed E-state index contributed by atoms with van der Waals surface area (Å²) < 4.78 is 5.73. The lowest BCUT2D eigenvalue weighted by Crippen LogP contribution is -2.37. The van der Waals surface area contributed by atoms with Crippen LogP contribution in [0.15, 0.2) is 16.5 Å². The Balaban J connectivity index is 0.00000200. The number of amides is 1. The fourth-order valence-corrected chi connectivity index (χ4v) is 2.53. The van der Waals surface area contributed by atoms with Crippen LogP contribution in [-0.4, -0.2) is 37.0 Å². The normalized spacial score (nSPS) is 16.7. The van der Waals surface area contributed by atoms with Crippen molar-refractivity contribution in [2.24, 2.45) is 5.73 Å². The first kappa shape index (κ1) is 17.0. The molecule has 1 amide bonds. The highest BCUT2D eigenvalue weighted by atomic mass is 35.5. The highest BCUT2D eigenvalue weighted by molar-refractivity contribution is 5.85. The highest BCUT2D eigenvalue weighted by Crippen LogP contribution is 2.26. The van der Waals surface area contributed by atoms with Gasteiger partial charge in [-0.15, -0.1) is 12.4 Å². The van der Waals surface area contributed by atoms with Gasteiger partial charge in [0.2, 0.25) is 5.91 Å². The van der Waals surface area contributed by atoms with E-state index in [0.717, 1.165) is 24.6 Å². The van der Waals surface area contributed by atoms with Gasteiger partial charge in [0.25, 0.3) is 0 Å². The largest absolute Gasteiger partial charge is 0.465 e. The van der Waals surface area contributed by atoms with Gasteiger partial charge in [-0.2, -0.15) is 0 Å². The summed E-state index contributed by atoms with van der Waals surface area (Å²) in [6, 6.07) is 4.12. The standard InChI is InChI=1S/C14H23N3O2.ClH/c1-11-4-5-13(19-11)12(17-8-2-3-9-17)10-16-14(18)6-7-15;/h4-5,12H,2-3,6-10,15H2,1H3,(H,16,18);1H. The van der Waals surface area contributed by atoms with E-state index >= 15 is 0 Å². The summed E-state index contributed by atoms with van der Waals surface area (Å²) in [6.07, 6.45) is 2.81. The molecule has 5 nitrogen and oxygen atoms in total. The maximum atomic E-state index is 11.6. The Labute approximate surface area is 126 Å². The zero-order valence-electron chi connectivity index (χ0n) is 11.9. The molecular formula is C14H24ClN3O2. The van der Waals surface area contributed by atoms with E-state index < -0.39 is 0 Å². The number of nitrogens with two attached hydrogens (primary N) is 1. The van der Waals surface area contributed by atoms with E-state index in [1.54, 1.807) is 0 Å². The lowest BCUT2D eigenvalue weighted by molar-refractivity contribution is -0.121. The van der Waals surface area contributed by atoms with Gasteiger partial charge in [-0.05, 0) is 45.0 Å². The van der Waals surface area contributed by atoms with Crippen LogP contribution in [0, 0.1) is 6.92 Å². The fourth-order valence-electron chi connectivity index (χ4n) is 2.53. The number of hydrogen-bond acceptors (Lipinski definition) is 4. The number of nitrogens with one attached hydrogen (secondary N) is 1. The van der Waals surface area contributed by atoms with Crippen molar-refractivity contribution in [2.75, 3.05) is 26.2 Å². The maximum absolute atomic E-state index is 11.6. The molecule has 1 fully saturated rings. The van der Waals surface area contributed by atoms with E-state index in [1.807, 2.05) is 19.1 Å². The van der Waals surface area contributed by atoms with Gasteiger partial charge >= 0.3 is 0 Å². The minimum absolute atomic E-state index is 0. The summed E-state index contributed by atoms with van der Waals surface area (Å²) in [5.74, 6) is 1.86. The second kappa shape index (κ2) is 8.29. The lowest BCUT2D eigenvalue weighted by atomic mass is 10.2. The number of rotatable bonds is 6. The number of nitrogens with zero attached hydrogens (tertiary/aromatic N) is 1. The molecule has 20 heavy (non-hydrogen) atoms. The topological polar surface area (TPSA) is 71.5 Å². The predicted octanol–water partition coefficient (Wildman–Crippen LogP) is 1.61. The van der Waals surface area contributed by atoms with E-state index in [2.05, 4.69) is 10.2 Å². The first-order valence-corrected chi connectivity index (χ1v) is 6.98. The molecule has 1 aromatic rings. The third-order valence-electron chi connectivity index (χ3n) is 3.53. The third-order valence-corrected chi connectivity index (χ3v) is 3.53. The van der Waals surface area contributed by atoms with Gasteiger partial charge in [0.05, 0.1) is 6.04 Å². The van der Waals surface area contributed by atoms with Crippen LogP contribution in [0.5, 0.6) is 0 Å². The van der Waals surface area contributed by atoms with Crippen LogP contribution in [0.25, 0.3) is 0 Å². The molecule has 0 saturated carbocycles. The first-order chi connectivity index (χ1) is 9.20. The Morgan fingerprint density at radius 2 is 2.15 bits per heavy atom. The monoisotopic (exact) mass is 301 g/mol. The number of likely N-dealkylation sites (tertiary alicyclic amines) is 1. The van der Waals surface area contributed by atoms with Crippen molar-refractivity contribution in [1.82, 2.24) is 10.2 Å². The Morgan fingerprint density at radius 1 is 1.45 bits per heavy atom. The number of hydrogen-bond donors (Lipinski definition) is 2. The zero-order valence-corrected chi connectivity index (χ0v) is 12.7. The Hall–Kier alpha value is -1.04. The second-order valence-corrected chi connectivity index (χ2v) is 5.05. The van der Waals surface area contributed by atoms with Crippen molar-refractivity contribution < 1.29 is 9.21 Å². The molecule has 3 N–H and O–H groups in total. The van der Waals surface area contributed by atoms with Crippen molar-refractivity contribution in [2.45, 2.75) is 32.2 Å². The van der Waals surface area contributed by atoms with Gasteiger partial charge in [0, 0.05) is 19.5 Å². The average Bonchev–Trinajstić information content (AvgIpc) is 3.02. The number of carbonyl (C=O) groups is 1. The molecule has 2 heterocycles. The first-order valence-electron chi connectivity index (χ1n) is 6.98. The Morgan fingerprint density at radius 3 is 2.70 bits per heavy atom. The van der Waals surface area contributed by atoms with Crippen LogP contribution in [-0.2, 0) is 4.79 Å². The van der Waals surface area contributed by atoms with Crippen molar-refractivity contribution in [3.05, 3.63) is 23.7 Å². The van der Waals surface area contributed by atoms with Crippen LogP contribution in [0.4, 0.5) is 0 Å². The van der Waals surface area contributed by atoms with Crippen LogP contribution in [0.3, 0.4) is 0 Å². The molecule has 0 aromatic carbocycles. The Kier molecular flexibility index (Phi) is 7.05. The number of aryl methyl sites for hydroxylation is 1. The second-order valence-electron chi connectivity index (χ2n) is 5.05. The quantitative estimate of drug-likeness (QED) is 0.837. The molecule has 6 heteroatoms. The molecule has 1 atom stereocenters. The van der Waals surface area contributed by atoms with Crippen LogP contribution < -0.4 is 11.1 Å². The summed E-state index contributed by atoms with van der Waals surface area (Å²) in [4.78, 5) is 13.9. The highest BCUT2D eigenvalue weighted by Gasteiger charge is 2.26. The minimum Gasteiger partial charge on any atom is -0.465 e. The van der Waals surface area contributed by atoms with Crippen molar-refractivity contribution >= 4 is 18.3 Å². The van der Waals surface area contributed by atoms with Gasteiger partial charge in [-0.25, -0.2) is 0 Å². The van der Waals surface area contributed by atoms with Crippen molar-refractivity contribution in [1.29, 1.82) is 0 Å². The van der Waals surface area contributed by atoms with E-state index in [9.17, 15) is 4.79 Å². The summed E-state index contributed by atoms with van der Waals surface area (Å²) >= 11 is 0. The molecule has 2 rings (SSSR count). The number of halogens is 1. The summed E-state index contributed by atoms with van der Waals surface area (Å²) in [5.41, 5.74) is 5.38. The van der Waals surface area contributed by atoms with Gasteiger partial charge in [0.15, 0.2) is 0 Å². The maximum Gasteiger partial charge on any atom is 0.221 e. The molecule has 0 radical (unpaired) electrons. The molecule has 0 spiro atoms. The molecule has 0 aliphatic carbocycles. The summed E-state index contributed by atoms with van der Waals surface area (Å²) in [5, 5.41) is 2.95. The molecule has 1 unspecified atom stereocenters. The smallest absolute Gasteiger partial charge is 0.221 e. The molecule has 1 saturated heterocycles. The lowest BCUT2D eigenvalue weighted by Gasteiger charge is -2.26. The molecule has 1 aromatic heterocycles. The van der Waals surface area contributed by atoms with Gasteiger partial charge in [0.1, 0.15) is 11.5 Å². The molecule has 114 valence electrons. The van der Waals surface area contributed by atoms with Gasteiger partial charge < -0.3 is 15.5 Å². The molecule has 1 aliphatic rings. The van der Waals surface area contributed by atoms with E-state index in [-0.39, 0.29) is 24.4 Å². The average molecular weight is 302 g/mol. The van der Waals surface area contributed by atoms with Crippen molar-refractivity contribution in [3.63, 3.8) is 0 Å². The van der Waals surface area contributed by atoms with E-state index in [0.29, 0.717) is 19.5 Å². The molecular weight excluding hydrogens is 278 g/mol. The predicted molar refractivity (Wildman–Crippen MR) is 80.9 cm³/mol. The SMILES string of the molecule is Cc1ccc(C(CNC(=O)CCN)N2CCCC2)o1.Cl. The van der Waals surface area contributed by atoms with E-state index in [1.165, 1.54) is 12.8 Å². The van der Waals surface area contributed by atoms with E-state index in [4.69, 9.17) is 10.2 Å². The summed E-state index contributed by atoms with van der Waals surface area (Å²) in [7, 11) is 0.